The second kappa shape index (κ2) is 7.20. The first-order chi connectivity index (χ1) is 12.7. The van der Waals surface area contributed by atoms with E-state index < -0.39 is 0 Å². The highest BCUT2D eigenvalue weighted by Crippen LogP contribution is 2.31. The molecule has 2 aliphatic heterocycles. The largest absolute Gasteiger partial charge is 0.493 e. The van der Waals surface area contributed by atoms with Crippen LogP contribution >= 0.6 is 0 Å². The maximum Gasteiger partial charge on any atom is 0.240 e. The second-order valence-corrected chi connectivity index (χ2v) is 6.76. The quantitative estimate of drug-likeness (QED) is 0.926. The predicted octanol–water partition coefficient (Wildman–Crippen LogP) is 3.00. The van der Waals surface area contributed by atoms with Gasteiger partial charge < -0.3 is 15.0 Å². The molecule has 4 rings (SSSR count). The fourth-order valence-electron chi connectivity index (χ4n) is 3.73. The molecule has 0 saturated carbocycles. The van der Waals surface area contributed by atoms with Crippen LogP contribution in [0.3, 0.4) is 0 Å². The maximum absolute atomic E-state index is 12.7. The molecule has 1 unspecified atom stereocenters. The van der Waals surface area contributed by atoms with Gasteiger partial charge in [0, 0.05) is 17.7 Å². The number of hydrogen-bond acceptors (Lipinski definition) is 3. The highest BCUT2D eigenvalue weighted by molar-refractivity contribution is 6.01. The Hall–Kier alpha value is -2.82. The average Bonchev–Trinajstić information content (AvgIpc) is 2.87. The summed E-state index contributed by atoms with van der Waals surface area (Å²) >= 11 is 0. The van der Waals surface area contributed by atoms with Crippen molar-refractivity contribution in [2.75, 3.05) is 18.1 Å². The Morgan fingerprint density at radius 1 is 1.12 bits per heavy atom. The van der Waals surface area contributed by atoms with Crippen LogP contribution < -0.4 is 15.0 Å². The average molecular weight is 350 g/mol. The molecule has 26 heavy (non-hydrogen) atoms. The Bertz CT molecular complexity index is 834. The molecule has 0 spiro atoms. The summed E-state index contributed by atoms with van der Waals surface area (Å²) in [5.41, 5.74) is 2.97. The lowest BCUT2D eigenvalue weighted by Gasteiger charge is -2.29. The van der Waals surface area contributed by atoms with Gasteiger partial charge in [-0.05, 0) is 37.0 Å². The Labute approximate surface area is 153 Å². The second-order valence-electron chi connectivity index (χ2n) is 6.76. The molecule has 0 bridgehead atoms. The molecule has 5 nitrogen and oxygen atoms in total. The first-order valence-corrected chi connectivity index (χ1v) is 9.12. The van der Waals surface area contributed by atoms with Crippen LogP contribution in [0.5, 0.6) is 5.75 Å². The van der Waals surface area contributed by atoms with E-state index in [1.54, 1.807) is 4.90 Å². The minimum atomic E-state index is -0.142. The van der Waals surface area contributed by atoms with Crippen LogP contribution in [0.15, 0.2) is 48.5 Å². The van der Waals surface area contributed by atoms with Crippen LogP contribution in [-0.2, 0) is 16.0 Å². The van der Waals surface area contributed by atoms with E-state index in [-0.39, 0.29) is 24.4 Å². The van der Waals surface area contributed by atoms with Crippen LogP contribution in [0.4, 0.5) is 5.69 Å². The van der Waals surface area contributed by atoms with Gasteiger partial charge in [0.2, 0.25) is 11.8 Å². The fraction of sp³-hybridized carbons (Fsp3) is 0.333. The van der Waals surface area contributed by atoms with Crippen LogP contribution in [0, 0.1) is 0 Å². The van der Waals surface area contributed by atoms with Crippen molar-refractivity contribution in [2.45, 2.75) is 31.7 Å². The van der Waals surface area contributed by atoms with Crippen LogP contribution in [0.25, 0.3) is 0 Å². The molecule has 2 heterocycles. The Kier molecular flexibility index (Phi) is 4.61. The third kappa shape index (κ3) is 3.29. The molecule has 0 radical (unpaired) electrons. The van der Waals surface area contributed by atoms with E-state index in [9.17, 15) is 9.59 Å². The van der Waals surface area contributed by atoms with Gasteiger partial charge in [-0.15, -0.1) is 0 Å². The Morgan fingerprint density at radius 2 is 1.92 bits per heavy atom. The van der Waals surface area contributed by atoms with Crippen molar-refractivity contribution in [2.24, 2.45) is 0 Å². The third-order valence-corrected chi connectivity index (χ3v) is 5.02. The molecule has 5 heteroatoms. The molecule has 1 N–H and O–H groups in total. The van der Waals surface area contributed by atoms with Crippen molar-refractivity contribution in [3.63, 3.8) is 0 Å². The lowest BCUT2D eigenvalue weighted by molar-refractivity contribution is -0.124. The van der Waals surface area contributed by atoms with Crippen molar-refractivity contribution in [1.82, 2.24) is 5.32 Å². The van der Waals surface area contributed by atoms with Crippen LogP contribution in [0.2, 0.25) is 0 Å². The lowest BCUT2D eigenvalue weighted by Crippen LogP contribution is -2.43. The van der Waals surface area contributed by atoms with E-state index in [4.69, 9.17) is 4.74 Å². The summed E-state index contributed by atoms with van der Waals surface area (Å²) in [6.07, 6.45) is 2.89. The van der Waals surface area contributed by atoms with Crippen molar-refractivity contribution in [3.8, 4) is 5.75 Å². The maximum atomic E-state index is 12.7. The zero-order valence-corrected chi connectivity index (χ0v) is 14.6. The Morgan fingerprint density at radius 3 is 2.85 bits per heavy atom. The number of benzene rings is 2. The van der Waals surface area contributed by atoms with Gasteiger partial charge in [0.25, 0.3) is 0 Å². The zero-order chi connectivity index (χ0) is 17.9. The summed E-state index contributed by atoms with van der Waals surface area (Å²) in [5, 5.41) is 3.10. The van der Waals surface area contributed by atoms with E-state index in [1.165, 1.54) is 0 Å². The molecule has 0 aliphatic carbocycles. The van der Waals surface area contributed by atoms with Crippen molar-refractivity contribution < 1.29 is 14.3 Å². The molecule has 0 saturated heterocycles. The topological polar surface area (TPSA) is 58.6 Å². The number of nitrogens with zero attached hydrogens (tertiary/aromatic N) is 1. The first kappa shape index (κ1) is 16.6. The number of ether oxygens (including phenoxy) is 1. The van der Waals surface area contributed by atoms with Crippen LogP contribution in [0.1, 0.15) is 36.4 Å². The SMILES string of the molecule is O=C(CN1C(=O)CCc2ccccc21)NC1CCCOc2ccccc21. The van der Waals surface area contributed by atoms with E-state index in [0.717, 1.165) is 41.8 Å². The van der Waals surface area contributed by atoms with Crippen molar-refractivity contribution >= 4 is 17.5 Å². The van der Waals surface area contributed by atoms with Gasteiger partial charge in [-0.1, -0.05) is 36.4 Å². The van der Waals surface area contributed by atoms with E-state index in [1.807, 2.05) is 48.5 Å². The van der Waals surface area contributed by atoms with Crippen LogP contribution in [-0.4, -0.2) is 25.0 Å². The number of carbonyl (C=O) groups is 2. The molecule has 2 aromatic carbocycles. The number of amides is 2. The molecular formula is C21H22N2O3. The molecule has 134 valence electrons. The summed E-state index contributed by atoms with van der Waals surface area (Å²) < 4.78 is 5.76. The summed E-state index contributed by atoms with van der Waals surface area (Å²) in [7, 11) is 0. The molecule has 0 aromatic heterocycles. The number of carbonyl (C=O) groups excluding carboxylic acids is 2. The number of hydrogen-bond donors (Lipinski definition) is 1. The summed E-state index contributed by atoms with van der Waals surface area (Å²) in [6, 6.07) is 15.5. The lowest BCUT2D eigenvalue weighted by atomic mass is 10.0. The highest BCUT2D eigenvalue weighted by atomic mass is 16.5. The number of rotatable bonds is 3. The van der Waals surface area contributed by atoms with E-state index >= 15 is 0 Å². The van der Waals surface area contributed by atoms with Gasteiger partial charge in [-0.2, -0.15) is 0 Å². The molecule has 2 amide bonds. The van der Waals surface area contributed by atoms with E-state index in [0.29, 0.717) is 13.0 Å². The summed E-state index contributed by atoms with van der Waals surface area (Å²) in [5.74, 6) is 0.690. The summed E-state index contributed by atoms with van der Waals surface area (Å²) in [4.78, 5) is 26.7. The molecule has 1 atom stereocenters. The Balaban J connectivity index is 1.50. The zero-order valence-electron chi connectivity index (χ0n) is 14.6. The summed E-state index contributed by atoms with van der Waals surface area (Å²) in [6.45, 7) is 0.705. The molecule has 0 fully saturated rings. The number of anilines is 1. The third-order valence-electron chi connectivity index (χ3n) is 5.02. The fourth-order valence-corrected chi connectivity index (χ4v) is 3.73. The molecular weight excluding hydrogens is 328 g/mol. The van der Waals surface area contributed by atoms with Crippen molar-refractivity contribution in [1.29, 1.82) is 0 Å². The normalized spacial score (nSPS) is 19.0. The number of fused-ring (bicyclic) bond motifs is 2. The van der Waals surface area contributed by atoms with Gasteiger partial charge in [-0.25, -0.2) is 0 Å². The minimum absolute atomic E-state index is 0.00319. The van der Waals surface area contributed by atoms with Gasteiger partial charge in [0.15, 0.2) is 0 Å². The standard InChI is InChI=1S/C21H22N2O3/c24-20(14-23-18-9-3-1-6-15(18)11-12-21(23)25)22-17-8-5-13-26-19-10-4-2-7-16(17)19/h1-4,6-7,9-10,17H,5,8,11-14H2,(H,22,24). The monoisotopic (exact) mass is 350 g/mol. The first-order valence-electron chi connectivity index (χ1n) is 9.12. The predicted molar refractivity (Wildman–Crippen MR) is 99.2 cm³/mol. The smallest absolute Gasteiger partial charge is 0.240 e. The highest BCUT2D eigenvalue weighted by Gasteiger charge is 2.27. The van der Waals surface area contributed by atoms with Gasteiger partial charge in [-0.3, -0.25) is 9.59 Å². The number of para-hydroxylation sites is 2. The molecule has 2 aliphatic rings. The van der Waals surface area contributed by atoms with Gasteiger partial charge in [0.1, 0.15) is 12.3 Å². The minimum Gasteiger partial charge on any atom is -0.493 e. The van der Waals surface area contributed by atoms with Gasteiger partial charge in [0.05, 0.1) is 12.6 Å². The van der Waals surface area contributed by atoms with E-state index in [2.05, 4.69) is 5.32 Å². The van der Waals surface area contributed by atoms with Crippen molar-refractivity contribution in [3.05, 3.63) is 59.7 Å². The molecule has 2 aromatic rings. The number of aryl methyl sites for hydroxylation is 1. The van der Waals surface area contributed by atoms with Gasteiger partial charge >= 0.3 is 0 Å². The number of nitrogens with one attached hydrogen (secondary N) is 1.